The number of amides is 1. The number of benzene rings is 1. The highest BCUT2D eigenvalue weighted by Crippen LogP contribution is 2.51. The van der Waals surface area contributed by atoms with Crippen molar-refractivity contribution in [3.8, 4) is 0 Å². The molecular weight excluding hydrogens is 482 g/mol. The highest BCUT2D eigenvalue weighted by Gasteiger charge is 2.46. The van der Waals surface area contributed by atoms with Crippen molar-refractivity contribution >= 4 is 49.7 Å². The van der Waals surface area contributed by atoms with Crippen molar-refractivity contribution in [3.05, 3.63) is 57.4 Å². The van der Waals surface area contributed by atoms with Gasteiger partial charge in [-0.25, -0.2) is 15.0 Å². The Morgan fingerprint density at radius 2 is 1.95 bits per heavy atom. The number of fused-ring (bicyclic) bond motifs is 2. The fourth-order valence-electron chi connectivity index (χ4n) is 6.12. The van der Waals surface area contributed by atoms with Crippen molar-refractivity contribution in [2.45, 2.75) is 44.0 Å². The number of nitrogens with zero attached hydrogens (tertiary/aromatic N) is 5. The third-order valence-electron chi connectivity index (χ3n) is 8.14. The SMILES string of the molecule is [B]C1([B])CN(C(=O)c2ncc(N3CCC4(CC3)Cc3ccc(C)cc3[C@H]4N)nc2N)Cc2sc(N)nc21. The summed E-state index contributed by atoms with van der Waals surface area (Å²) >= 11 is 1.27. The normalized spacial score (nSPS) is 21.6. The van der Waals surface area contributed by atoms with Crippen LogP contribution in [0.4, 0.5) is 16.8 Å². The van der Waals surface area contributed by atoms with Gasteiger partial charge in [-0.05, 0) is 47.9 Å². The van der Waals surface area contributed by atoms with Gasteiger partial charge in [-0.2, -0.15) is 0 Å². The summed E-state index contributed by atoms with van der Waals surface area (Å²) in [5, 5.41) is -0.938. The van der Waals surface area contributed by atoms with Gasteiger partial charge in [0.15, 0.2) is 16.6 Å². The number of hydrogen-bond acceptors (Lipinski definition) is 9. The second kappa shape index (κ2) is 8.46. The zero-order valence-electron chi connectivity index (χ0n) is 20.8. The molecule has 0 bridgehead atoms. The smallest absolute Gasteiger partial charge is 0.276 e. The molecule has 37 heavy (non-hydrogen) atoms. The number of carbonyl (C=O) groups is 1. The summed E-state index contributed by atoms with van der Waals surface area (Å²) in [5.74, 6) is 0.363. The number of nitrogen functional groups attached to an aromatic ring is 2. The number of piperidine rings is 1. The molecule has 6 N–H and O–H groups in total. The molecule has 186 valence electrons. The number of carbonyl (C=O) groups excluding carboxylic acids is 1. The largest absolute Gasteiger partial charge is 0.382 e. The molecule has 4 heterocycles. The Morgan fingerprint density at radius 3 is 2.68 bits per heavy atom. The van der Waals surface area contributed by atoms with Gasteiger partial charge in [0.1, 0.15) is 5.82 Å². The monoisotopic (exact) mass is 510 g/mol. The van der Waals surface area contributed by atoms with E-state index in [1.54, 1.807) is 6.20 Å². The first-order valence-corrected chi connectivity index (χ1v) is 13.2. The van der Waals surface area contributed by atoms with Crippen LogP contribution in [0, 0.1) is 12.3 Å². The maximum atomic E-state index is 13.3. The van der Waals surface area contributed by atoms with Crippen LogP contribution in [0.1, 0.15) is 56.6 Å². The first-order chi connectivity index (χ1) is 17.6. The van der Waals surface area contributed by atoms with Gasteiger partial charge >= 0.3 is 0 Å². The van der Waals surface area contributed by atoms with Gasteiger partial charge in [-0.3, -0.25) is 4.79 Å². The molecule has 1 atom stereocenters. The summed E-state index contributed by atoms with van der Waals surface area (Å²) in [6.07, 6.45) is 4.53. The van der Waals surface area contributed by atoms with Crippen LogP contribution in [-0.2, 0) is 18.2 Å². The Labute approximate surface area is 222 Å². The van der Waals surface area contributed by atoms with Crippen LogP contribution in [0.3, 0.4) is 0 Å². The van der Waals surface area contributed by atoms with E-state index in [2.05, 4.69) is 45.0 Å². The summed E-state index contributed by atoms with van der Waals surface area (Å²) in [4.78, 5) is 31.0. The van der Waals surface area contributed by atoms with Gasteiger partial charge in [-0.15, -0.1) is 11.3 Å². The van der Waals surface area contributed by atoms with Crippen molar-refractivity contribution in [2.75, 3.05) is 36.0 Å². The highest BCUT2D eigenvalue weighted by molar-refractivity contribution is 7.15. The van der Waals surface area contributed by atoms with Crippen molar-refractivity contribution in [3.63, 3.8) is 0 Å². The molecule has 0 saturated carbocycles. The quantitative estimate of drug-likeness (QED) is 0.440. The molecule has 12 heteroatoms. The van der Waals surface area contributed by atoms with E-state index in [0.29, 0.717) is 23.2 Å². The lowest BCUT2D eigenvalue weighted by atomic mass is 9.51. The predicted octanol–water partition coefficient (Wildman–Crippen LogP) is 1.39. The lowest BCUT2D eigenvalue weighted by Gasteiger charge is -2.42. The van der Waals surface area contributed by atoms with E-state index in [9.17, 15) is 4.79 Å². The van der Waals surface area contributed by atoms with Crippen LogP contribution in [0.2, 0.25) is 0 Å². The summed E-state index contributed by atoms with van der Waals surface area (Å²) < 4.78 is 0. The molecule has 1 fully saturated rings. The molecule has 1 amide bonds. The Bertz CT molecular complexity index is 1400. The molecule has 3 aliphatic rings. The number of thiazole rings is 1. The lowest BCUT2D eigenvalue weighted by molar-refractivity contribution is 0.0720. The molecule has 1 spiro atoms. The van der Waals surface area contributed by atoms with Crippen molar-refractivity contribution < 1.29 is 4.79 Å². The highest BCUT2D eigenvalue weighted by atomic mass is 32.1. The number of nitrogens with two attached hydrogens (primary N) is 3. The minimum absolute atomic E-state index is 0.0388. The van der Waals surface area contributed by atoms with Crippen LogP contribution in [0.5, 0.6) is 0 Å². The fourth-order valence-corrected chi connectivity index (χ4v) is 7.06. The minimum Gasteiger partial charge on any atom is -0.382 e. The molecular formula is C25H28B2N8OS. The fraction of sp³-hybridized carbons (Fsp3) is 0.440. The van der Waals surface area contributed by atoms with Crippen LogP contribution >= 0.6 is 11.3 Å². The topological polar surface area (TPSA) is 140 Å². The molecule has 4 radical (unpaired) electrons. The third kappa shape index (κ3) is 3.97. The number of anilines is 3. The van der Waals surface area contributed by atoms with Gasteiger partial charge in [0.25, 0.3) is 5.91 Å². The van der Waals surface area contributed by atoms with Crippen LogP contribution in [0.15, 0.2) is 24.4 Å². The van der Waals surface area contributed by atoms with Crippen LogP contribution in [-0.4, -0.2) is 61.1 Å². The standard InChI is InChI=1S/C25H28B2N8OS/c1-13-2-3-14-9-24(19(28)15(14)8-13)4-6-34(7-5-24)17-10-31-18(21(29)32-17)22(36)35-11-16-20(25(26,27)12-35)33-23(30)37-16/h2-3,8,10,19H,4-7,9,11-12,28H2,1H3,(H2,29,32)(H2,30,33)/t19-/m1/s1. The van der Waals surface area contributed by atoms with E-state index >= 15 is 0 Å². The van der Waals surface area contributed by atoms with Crippen molar-refractivity contribution in [1.29, 1.82) is 0 Å². The minimum atomic E-state index is -1.30. The van der Waals surface area contributed by atoms with E-state index in [1.165, 1.54) is 32.9 Å². The zero-order chi connectivity index (χ0) is 26.1. The second-order valence-electron chi connectivity index (χ2n) is 10.7. The van der Waals surface area contributed by atoms with E-state index in [1.807, 2.05) is 0 Å². The molecule has 1 saturated heterocycles. The maximum absolute atomic E-state index is 13.3. The summed E-state index contributed by atoms with van der Waals surface area (Å²) in [7, 11) is 12.5. The van der Waals surface area contributed by atoms with E-state index in [4.69, 9.17) is 32.9 Å². The molecule has 9 nitrogen and oxygen atoms in total. The van der Waals surface area contributed by atoms with Gasteiger partial charge in [0.2, 0.25) is 0 Å². The molecule has 6 rings (SSSR count). The number of aromatic nitrogens is 3. The van der Waals surface area contributed by atoms with Gasteiger partial charge in [0, 0.05) is 36.2 Å². The molecule has 1 aliphatic carbocycles. The predicted molar refractivity (Wildman–Crippen MR) is 147 cm³/mol. The molecule has 2 aliphatic heterocycles. The van der Waals surface area contributed by atoms with Crippen LogP contribution in [0.25, 0.3) is 0 Å². The average molecular weight is 510 g/mol. The number of aryl methyl sites for hydroxylation is 1. The van der Waals surface area contributed by atoms with Crippen molar-refractivity contribution in [2.24, 2.45) is 11.1 Å². The summed E-state index contributed by atoms with van der Waals surface area (Å²) in [6, 6.07) is 6.66. The second-order valence-corrected chi connectivity index (χ2v) is 11.8. The Morgan fingerprint density at radius 1 is 1.19 bits per heavy atom. The van der Waals surface area contributed by atoms with Crippen LogP contribution < -0.4 is 22.1 Å². The van der Waals surface area contributed by atoms with E-state index < -0.39 is 5.21 Å². The van der Waals surface area contributed by atoms with Gasteiger partial charge in [-0.1, -0.05) is 23.8 Å². The third-order valence-corrected chi connectivity index (χ3v) is 9.01. The molecule has 1 aromatic carbocycles. The van der Waals surface area contributed by atoms with Gasteiger partial charge in [0.05, 0.1) is 28.4 Å². The molecule has 3 aromatic rings. The van der Waals surface area contributed by atoms with Gasteiger partial charge < -0.3 is 27.0 Å². The molecule has 0 unspecified atom stereocenters. The van der Waals surface area contributed by atoms with Crippen molar-refractivity contribution in [1.82, 2.24) is 19.9 Å². The first kappa shape index (κ1) is 24.2. The Balaban J connectivity index is 1.16. The molecule has 2 aromatic heterocycles. The maximum Gasteiger partial charge on any atom is 0.276 e. The number of hydrogen-bond donors (Lipinski definition) is 3. The Kier molecular flexibility index (Phi) is 5.54. The summed E-state index contributed by atoms with van der Waals surface area (Å²) in [6.45, 7) is 4.07. The number of rotatable bonds is 2. The average Bonchev–Trinajstić information content (AvgIpc) is 3.36. The lowest BCUT2D eigenvalue weighted by Crippen LogP contribution is -2.49. The summed E-state index contributed by atoms with van der Waals surface area (Å²) in [5.41, 5.74) is 23.4. The van der Waals surface area contributed by atoms with E-state index in [-0.39, 0.29) is 35.4 Å². The first-order valence-electron chi connectivity index (χ1n) is 12.4. The van der Waals surface area contributed by atoms with E-state index in [0.717, 1.165) is 37.2 Å². The Hall–Kier alpha value is -3.11. The zero-order valence-corrected chi connectivity index (χ0v) is 21.6.